The van der Waals surface area contributed by atoms with E-state index in [0.29, 0.717) is 0 Å². The molecule has 0 heterocycles. The molecule has 1 aromatic rings. The van der Waals surface area contributed by atoms with Gasteiger partial charge in [-0.25, -0.2) is 9.18 Å². The molecule has 0 saturated carbocycles. The summed E-state index contributed by atoms with van der Waals surface area (Å²) < 4.78 is 17.8. The van der Waals surface area contributed by atoms with Gasteiger partial charge in [-0.1, -0.05) is 0 Å². The van der Waals surface area contributed by atoms with Crippen LogP contribution in [0.25, 0.3) is 0 Å². The minimum Gasteiger partial charge on any atom is -0.480 e. The van der Waals surface area contributed by atoms with Gasteiger partial charge in [0, 0.05) is 18.3 Å². The normalized spacial score (nSPS) is 10.1. The lowest BCUT2D eigenvalue weighted by molar-refractivity contribution is -0.385. The van der Waals surface area contributed by atoms with Crippen LogP contribution in [0.2, 0.25) is 0 Å². The molecule has 1 rings (SSSR count). The zero-order valence-electron chi connectivity index (χ0n) is 9.26. The Hall–Kier alpha value is -2.22. The number of ether oxygens (including phenoxy) is 1. The van der Waals surface area contributed by atoms with E-state index in [4.69, 9.17) is 9.84 Å². The van der Waals surface area contributed by atoms with Crippen LogP contribution in [0.4, 0.5) is 15.8 Å². The molecule has 7 nitrogen and oxygen atoms in total. The third-order valence-corrected chi connectivity index (χ3v) is 1.89. The number of nitro groups is 1. The lowest BCUT2D eigenvalue weighted by atomic mass is 10.2. The molecule has 1 aromatic carbocycles. The summed E-state index contributed by atoms with van der Waals surface area (Å²) in [6.07, 6.45) is 0. The average molecular weight is 258 g/mol. The Morgan fingerprint density at radius 2 is 2.22 bits per heavy atom. The zero-order chi connectivity index (χ0) is 13.5. The number of carbonyl (C=O) groups is 1. The molecule has 0 fully saturated rings. The van der Waals surface area contributed by atoms with Gasteiger partial charge in [0.05, 0.1) is 17.6 Å². The number of rotatable bonds is 7. The van der Waals surface area contributed by atoms with Gasteiger partial charge in [0.2, 0.25) is 0 Å². The topological polar surface area (TPSA) is 102 Å². The second-order valence-corrected chi connectivity index (χ2v) is 3.33. The summed E-state index contributed by atoms with van der Waals surface area (Å²) in [5.74, 6) is -1.81. The highest BCUT2D eigenvalue weighted by Crippen LogP contribution is 2.19. The molecule has 18 heavy (non-hydrogen) atoms. The fourth-order valence-electron chi connectivity index (χ4n) is 1.21. The van der Waals surface area contributed by atoms with Crippen molar-refractivity contribution in [1.82, 2.24) is 0 Å². The van der Waals surface area contributed by atoms with Crippen LogP contribution in [0.15, 0.2) is 18.2 Å². The number of nitrogens with zero attached hydrogens (tertiary/aromatic N) is 1. The van der Waals surface area contributed by atoms with Crippen molar-refractivity contribution in [2.45, 2.75) is 0 Å². The molecule has 8 heteroatoms. The molecule has 2 N–H and O–H groups in total. The van der Waals surface area contributed by atoms with E-state index in [2.05, 4.69) is 5.32 Å². The van der Waals surface area contributed by atoms with Crippen molar-refractivity contribution in [1.29, 1.82) is 0 Å². The van der Waals surface area contributed by atoms with Crippen molar-refractivity contribution < 1.29 is 24.0 Å². The quantitative estimate of drug-likeness (QED) is 0.433. The van der Waals surface area contributed by atoms with Crippen LogP contribution in [0.1, 0.15) is 0 Å². The fourth-order valence-corrected chi connectivity index (χ4v) is 1.21. The molecule has 0 amide bonds. The molecule has 98 valence electrons. The van der Waals surface area contributed by atoms with Crippen molar-refractivity contribution in [2.75, 3.05) is 25.1 Å². The summed E-state index contributed by atoms with van der Waals surface area (Å²) in [5.41, 5.74) is -0.121. The van der Waals surface area contributed by atoms with E-state index in [1.807, 2.05) is 0 Å². The average Bonchev–Trinajstić information content (AvgIpc) is 2.27. The Balaban J connectivity index is 2.47. The van der Waals surface area contributed by atoms with Crippen LogP contribution in [0.3, 0.4) is 0 Å². The second kappa shape index (κ2) is 6.50. The molecule has 0 bridgehead atoms. The molecule has 0 aliphatic carbocycles. The molecule has 0 saturated heterocycles. The van der Waals surface area contributed by atoms with E-state index >= 15 is 0 Å². The summed E-state index contributed by atoms with van der Waals surface area (Å²) in [4.78, 5) is 19.9. The minimum atomic E-state index is -1.09. The Morgan fingerprint density at radius 1 is 1.50 bits per heavy atom. The molecule has 0 radical (unpaired) electrons. The van der Waals surface area contributed by atoms with Gasteiger partial charge in [-0.2, -0.15) is 0 Å². The molecule has 0 aromatic heterocycles. The maximum atomic E-state index is 13.0. The monoisotopic (exact) mass is 258 g/mol. The fraction of sp³-hybridized carbons (Fsp3) is 0.300. The highest BCUT2D eigenvalue weighted by Gasteiger charge is 2.09. The summed E-state index contributed by atoms with van der Waals surface area (Å²) in [6.45, 7) is -0.116. The summed E-state index contributed by atoms with van der Waals surface area (Å²) in [7, 11) is 0. The molecule has 0 spiro atoms. The van der Waals surface area contributed by atoms with E-state index in [1.165, 1.54) is 6.07 Å². The SMILES string of the molecule is O=C(O)COCCNc1cc(F)cc([N+](=O)[O-])c1. The van der Waals surface area contributed by atoms with Crippen LogP contribution in [-0.4, -0.2) is 35.8 Å². The van der Waals surface area contributed by atoms with Crippen molar-refractivity contribution >= 4 is 17.3 Å². The second-order valence-electron chi connectivity index (χ2n) is 3.33. The first-order chi connectivity index (χ1) is 8.49. The van der Waals surface area contributed by atoms with Crippen molar-refractivity contribution in [2.24, 2.45) is 0 Å². The summed E-state index contributed by atoms with van der Waals surface area (Å²) >= 11 is 0. The van der Waals surface area contributed by atoms with Crippen LogP contribution in [0, 0.1) is 15.9 Å². The minimum absolute atomic E-state index is 0.0939. The number of non-ortho nitro benzene ring substituents is 1. The molecule has 0 atom stereocenters. The Bertz CT molecular complexity index is 452. The lowest BCUT2D eigenvalue weighted by Gasteiger charge is -2.06. The molecule has 0 aliphatic heterocycles. The van der Waals surface area contributed by atoms with Gasteiger partial charge >= 0.3 is 5.97 Å². The van der Waals surface area contributed by atoms with Crippen molar-refractivity contribution in [3.63, 3.8) is 0 Å². The van der Waals surface area contributed by atoms with E-state index in [0.717, 1.165) is 12.1 Å². The largest absolute Gasteiger partial charge is 0.480 e. The first-order valence-corrected chi connectivity index (χ1v) is 4.97. The molecular formula is C10H11FN2O5. The highest BCUT2D eigenvalue weighted by molar-refractivity contribution is 5.68. The number of hydrogen-bond donors (Lipinski definition) is 2. The third-order valence-electron chi connectivity index (χ3n) is 1.89. The maximum absolute atomic E-state index is 13.0. The predicted octanol–water partition coefficient (Wildman–Crippen LogP) is 1.25. The Morgan fingerprint density at radius 3 is 2.83 bits per heavy atom. The number of nitrogens with one attached hydrogen (secondary N) is 1. The molecular weight excluding hydrogens is 247 g/mol. The number of aliphatic carboxylic acids is 1. The summed E-state index contributed by atoms with van der Waals surface area (Å²) in [6, 6.07) is 3.09. The predicted molar refractivity (Wildman–Crippen MR) is 60.0 cm³/mol. The van der Waals surface area contributed by atoms with Gasteiger partial charge in [0.15, 0.2) is 0 Å². The first kappa shape index (κ1) is 13.8. The van der Waals surface area contributed by atoms with Crippen LogP contribution >= 0.6 is 0 Å². The number of halogens is 1. The van der Waals surface area contributed by atoms with Crippen LogP contribution in [0.5, 0.6) is 0 Å². The van der Waals surface area contributed by atoms with E-state index < -0.39 is 23.3 Å². The van der Waals surface area contributed by atoms with Crippen LogP contribution in [-0.2, 0) is 9.53 Å². The van der Waals surface area contributed by atoms with Gasteiger partial charge in [0.25, 0.3) is 5.69 Å². The number of hydrogen-bond acceptors (Lipinski definition) is 5. The van der Waals surface area contributed by atoms with Gasteiger partial charge in [0.1, 0.15) is 12.4 Å². The third kappa shape index (κ3) is 4.74. The number of carboxylic acids is 1. The van der Waals surface area contributed by atoms with E-state index in [9.17, 15) is 19.3 Å². The number of benzene rings is 1. The molecule has 0 unspecified atom stereocenters. The van der Waals surface area contributed by atoms with E-state index in [-0.39, 0.29) is 24.5 Å². The van der Waals surface area contributed by atoms with Crippen LogP contribution < -0.4 is 5.32 Å². The molecule has 0 aliphatic rings. The lowest BCUT2D eigenvalue weighted by Crippen LogP contribution is -2.14. The zero-order valence-corrected chi connectivity index (χ0v) is 9.26. The van der Waals surface area contributed by atoms with Gasteiger partial charge < -0.3 is 15.2 Å². The number of anilines is 1. The maximum Gasteiger partial charge on any atom is 0.329 e. The number of nitro benzene ring substituents is 1. The standard InChI is InChI=1S/C10H11FN2O5/c11-7-3-8(5-9(4-7)13(16)17)12-1-2-18-6-10(14)15/h3-5,12H,1-2,6H2,(H,14,15). The van der Waals surface area contributed by atoms with Gasteiger partial charge in [-0.05, 0) is 6.07 Å². The Kier molecular flexibility index (Phi) is 5.00. The van der Waals surface area contributed by atoms with Gasteiger partial charge in [-0.15, -0.1) is 0 Å². The van der Waals surface area contributed by atoms with E-state index in [1.54, 1.807) is 0 Å². The summed E-state index contributed by atoms with van der Waals surface area (Å²) in [5, 5.41) is 21.5. The van der Waals surface area contributed by atoms with Crippen molar-refractivity contribution in [3.05, 3.63) is 34.1 Å². The van der Waals surface area contributed by atoms with Crippen molar-refractivity contribution in [3.8, 4) is 0 Å². The highest BCUT2D eigenvalue weighted by atomic mass is 19.1. The number of carboxylic acid groups (broad SMARTS) is 1. The first-order valence-electron chi connectivity index (χ1n) is 4.97. The smallest absolute Gasteiger partial charge is 0.329 e. The Labute approximate surface area is 101 Å². The van der Waals surface area contributed by atoms with Gasteiger partial charge in [-0.3, -0.25) is 10.1 Å².